The first-order chi connectivity index (χ1) is 18.8. The van der Waals surface area contributed by atoms with Crippen molar-refractivity contribution in [2.45, 2.75) is 22.7 Å². The van der Waals surface area contributed by atoms with E-state index >= 15 is 0 Å². The number of imide groups is 1. The minimum Gasteiger partial charge on any atom is -0.325 e. The molecule has 2 aliphatic rings. The zero-order chi connectivity index (χ0) is 27.3. The van der Waals surface area contributed by atoms with E-state index < -0.39 is 17.1 Å². The summed E-state index contributed by atoms with van der Waals surface area (Å²) in [5.41, 5.74) is 1.96. The standard InChI is InChI=1S/C28H19Br2N3O4S2/c29-16-8-6-15(7-9-16)21-22-23(26(36)33(25(22)35)19-12-10-17(30)11-13-19)38-27-24(21)39-28(37)32(27)14-20(34)31-18-4-2-1-3-5-18/h1-13,21-23H,14H2,(H,31,34)/t21-,22?,23?/m1/s1. The van der Waals surface area contributed by atoms with Crippen molar-refractivity contribution in [1.29, 1.82) is 0 Å². The third-order valence-corrected chi connectivity index (χ3v) is 10.4. The Hall–Kier alpha value is -2.99. The fourth-order valence-corrected chi connectivity index (χ4v) is 8.30. The second kappa shape index (κ2) is 10.5. The molecule has 7 nitrogen and oxygen atoms in total. The summed E-state index contributed by atoms with van der Waals surface area (Å²) in [6.45, 7) is -0.199. The molecule has 6 rings (SSSR count). The van der Waals surface area contributed by atoms with E-state index in [0.29, 0.717) is 21.3 Å². The maximum Gasteiger partial charge on any atom is 0.308 e. The zero-order valence-electron chi connectivity index (χ0n) is 20.0. The second-order valence-corrected chi connectivity index (χ2v) is 13.1. The van der Waals surface area contributed by atoms with Crippen LogP contribution in [0.3, 0.4) is 0 Å². The van der Waals surface area contributed by atoms with Crippen molar-refractivity contribution >= 4 is 84.1 Å². The molecular formula is C28H19Br2N3O4S2. The van der Waals surface area contributed by atoms with Crippen molar-refractivity contribution in [3.8, 4) is 0 Å². The predicted molar refractivity (Wildman–Crippen MR) is 159 cm³/mol. The highest BCUT2D eigenvalue weighted by Gasteiger charge is 2.56. The van der Waals surface area contributed by atoms with Crippen LogP contribution in [0, 0.1) is 5.92 Å². The molecule has 3 heterocycles. The van der Waals surface area contributed by atoms with Crippen molar-refractivity contribution in [2.24, 2.45) is 5.92 Å². The summed E-state index contributed by atoms with van der Waals surface area (Å²) >= 11 is 9.09. The van der Waals surface area contributed by atoms with Gasteiger partial charge in [0, 0.05) is 25.4 Å². The third kappa shape index (κ3) is 4.82. The first-order valence-corrected chi connectivity index (χ1v) is 15.2. The normalized spacial score (nSPS) is 20.1. The summed E-state index contributed by atoms with van der Waals surface area (Å²) in [5.74, 6) is -2.18. The van der Waals surface area contributed by atoms with Crippen LogP contribution >= 0.6 is 55.0 Å². The lowest BCUT2D eigenvalue weighted by Gasteiger charge is -2.30. The van der Waals surface area contributed by atoms with Gasteiger partial charge < -0.3 is 5.32 Å². The molecule has 0 saturated carbocycles. The Morgan fingerprint density at radius 3 is 2.15 bits per heavy atom. The van der Waals surface area contributed by atoms with Gasteiger partial charge in [-0.05, 0) is 54.1 Å². The Labute approximate surface area is 248 Å². The number of thioether (sulfide) groups is 1. The molecule has 3 atom stereocenters. The summed E-state index contributed by atoms with van der Waals surface area (Å²) in [5, 5.41) is 2.64. The van der Waals surface area contributed by atoms with E-state index in [1.54, 1.807) is 36.4 Å². The zero-order valence-corrected chi connectivity index (χ0v) is 24.8. The van der Waals surface area contributed by atoms with E-state index in [4.69, 9.17) is 0 Å². The Morgan fingerprint density at radius 2 is 1.49 bits per heavy atom. The minimum absolute atomic E-state index is 0.199. The predicted octanol–water partition coefficient (Wildman–Crippen LogP) is 5.87. The van der Waals surface area contributed by atoms with Gasteiger partial charge in [-0.25, -0.2) is 4.90 Å². The number of para-hydroxylation sites is 1. The maximum atomic E-state index is 13.9. The summed E-state index contributed by atoms with van der Waals surface area (Å²) < 4.78 is 3.14. The Kier molecular flexibility index (Phi) is 7.09. The number of amides is 3. The molecule has 0 spiro atoms. The van der Waals surface area contributed by atoms with Gasteiger partial charge >= 0.3 is 4.87 Å². The van der Waals surface area contributed by atoms with E-state index in [0.717, 1.165) is 25.8 Å². The van der Waals surface area contributed by atoms with Crippen LogP contribution in [0.1, 0.15) is 16.4 Å². The van der Waals surface area contributed by atoms with Gasteiger partial charge in [0.15, 0.2) is 0 Å². The van der Waals surface area contributed by atoms with E-state index in [1.807, 2.05) is 42.5 Å². The largest absolute Gasteiger partial charge is 0.325 e. The van der Waals surface area contributed by atoms with Gasteiger partial charge in [0.25, 0.3) is 0 Å². The molecule has 2 unspecified atom stereocenters. The number of anilines is 2. The number of thiazole rings is 1. The second-order valence-electron chi connectivity index (χ2n) is 9.12. The molecule has 11 heteroatoms. The first-order valence-electron chi connectivity index (χ1n) is 12.0. The van der Waals surface area contributed by atoms with Crippen LogP contribution in [0.2, 0.25) is 0 Å². The molecule has 1 saturated heterocycles. The fourth-order valence-electron chi connectivity index (χ4n) is 4.99. The van der Waals surface area contributed by atoms with Crippen molar-refractivity contribution in [2.75, 3.05) is 10.2 Å². The van der Waals surface area contributed by atoms with Gasteiger partial charge in [-0.1, -0.05) is 85.3 Å². The molecule has 0 aliphatic carbocycles. The van der Waals surface area contributed by atoms with Gasteiger partial charge in [-0.15, -0.1) is 0 Å². The molecular weight excluding hydrogens is 666 g/mol. The number of carbonyl (C=O) groups is 3. The third-order valence-electron chi connectivity index (χ3n) is 6.72. The van der Waals surface area contributed by atoms with Crippen LogP contribution in [0.4, 0.5) is 11.4 Å². The van der Waals surface area contributed by atoms with Gasteiger partial charge in [-0.2, -0.15) is 0 Å². The quantitative estimate of drug-likeness (QED) is 0.266. The molecule has 1 aromatic heterocycles. The highest BCUT2D eigenvalue weighted by atomic mass is 79.9. The number of aromatic nitrogens is 1. The summed E-state index contributed by atoms with van der Waals surface area (Å²) in [6.07, 6.45) is 0. The van der Waals surface area contributed by atoms with Gasteiger partial charge in [0.1, 0.15) is 11.8 Å². The summed E-state index contributed by atoms with van der Waals surface area (Å²) in [7, 11) is 0. The number of benzene rings is 3. The molecule has 2 aliphatic heterocycles. The lowest BCUT2D eigenvalue weighted by molar-refractivity contribution is -0.122. The van der Waals surface area contributed by atoms with E-state index in [-0.39, 0.29) is 29.1 Å². The molecule has 1 N–H and O–H groups in total. The number of hydrogen-bond donors (Lipinski definition) is 1. The molecule has 1 fully saturated rings. The SMILES string of the molecule is O=C(Cn1c2c(sc1=O)[C@H](c1ccc(Br)cc1)C1C(=O)N(c3ccc(Br)cc3)C(=O)C1S2)Nc1ccccc1. The maximum absolute atomic E-state index is 13.9. The van der Waals surface area contributed by atoms with Crippen LogP contribution in [-0.4, -0.2) is 27.5 Å². The molecule has 3 aromatic carbocycles. The van der Waals surface area contributed by atoms with E-state index in [2.05, 4.69) is 37.2 Å². The minimum atomic E-state index is -0.736. The molecule has 39 heavy (non-hydrogen) atoms. The number of rotatable bonds is 5. The Bertz CT molecular complexity index is 1650. The van der Waals surface area contributed by atoms with Crippen molar-refractivity contribution in [3.05, 3.63) is 108 Å². The van der Waals surface area contributed by atoms with Crippen LogP contribution in [0.25, 0.3) is 0 Å². The van der Waals surface area contributed by atoms with Crippen LogP contribution in [0.15, 0.2) is 97.6 Å². The van der Waals surface area contributed by atoms with Crippen molar-refractivity contribution < 1.29 is 14.4 Å². The van der Waals surface area contributed by atoms with Gasteiger partial charge in [-0.3, -0.25) is 23.7 Å². The molecule has 3 amide bonds. The van der Waals surface area contributed by atoms with Crippen molar-refractivity contribution in [1.82, 2.24) is 4.57 Å². The molecule has 4 aromatic rings. The highest BCUT2D eigenvalue weighted by molar-refractivity contribution is 9.10. The number of halogens is 2. The van der Waals surface area contributed by atoms with Crippen LogP contribution in [0.5, 0.6) is 0 Å². The number of hydrogen-bond acceptors (Lipinski definition) is 6. The highest BCUT2D eigenvalue weighted by Crippen LogP contribution is 2.54. The van der Waals surface area contributed by atoms with Crippen LogP contribution in [-0.2, 0) is 20.9 Å². The summed E-state index contributed by atoms with van der Waals surface area (Å²) in [6, 6.07) is 23.6. The average Bonchev–Trinajstić information content (AvgIpc) is 3.36. The number of fused-ring (bicyclic) bond motifs is 2. The Balaban J connectivity index is 1.42. The number of nitrogens with zero attached hydrogens (tertiary/aromatic N) is 2. The smallest absolute Gasteiger partial charge is 0.308 e. The van der Waals surface area contributed by atoms with Gasteiger partial charge in [0.05, 0.1) is 16.6 Å². The number of carbonyl (C=O) groups excluding carboxylic acids is 3. The average molecular weight is 685 g/mol. The monoisotopic (exact) mass is 683 g/mol. The van der Waals surface area contributed by atoms with Crippen molar-refractivity contribution in [3.63, 3.8) is 0 Å². The lowest BCUT2D eigenvalue weighted by atomic mass is 9.83. The Morgan fingerprint density at radius 1 is 0.846 bits per heavy atom. The van der Waals surface area contributed by atoms with E-state index in [9.17, 15) is 19.2 Å². The molecule has 0 radical (unpaired) electrons. The number of nitrogens with one attached hydrogen (secondary N) is 1. The fraction of sp³-hybridized carbons (Fsp3) is 0.143. The van der Waals surface area contributed by atoms with E-state index in [1.165, 1.54) is 21.2 Å². The first kappa shape index (κ1) is 26.2. The molecule has 0 bridgehead atoms. The summed E-state index contributed by atoms with van der Waals surface area (Å²) in [4.78, 5) is 55.4. The lowest BCUT2D eigenvalue weighted by Crippen LogP contribution is -2.33. The topological polar surface area (TPSA) is 88.5 Å². The molecule has 196 valence electrons. The van der Waals surface area contributed by atoms with Crippen LogP contribution < -0.4 is 15.1 Å². The van der Waals surface area contributed by atoms with Gasteiger partial charge in [0.2, 0.25) is 17.7 Å².